The van der Waals surface area contributed by atoms with Gasteiger partial charge in [-0.25, -0.2) is 0 Å². The Hall–Kier alpha value is -0.870. The summed E-state index contributed by atoms with van der Waals surface area (Å²) in [6, 6.07) is 0. The van der Waals surface area contributed by atoms with Gasteiger partial charge in [-0.05, 0) is 86.5 Å². The SMILES string of the molecule is C=C[C@@]1(OC(C)=O)CC[C@@]2(C)[C@@H](CC[C@@H]3[C@H]4CCC5(OCCO5)[C@@]4(C)CC[C@@H]32)C1. The summed E-state index contributed by atoms with van der Waals surface area (Å²) in [4.78, 5) is 11.7. The summed E-state index contributed by atoms with van der Waals surface area (Å²) < 4.78 is 18.4. The molecule has 0 aromatic heterocycles. The first-order valence-electron chi connectivity index (χ1n) is 11.9. The van der Waals surface area contributed by atoms with Gasteiger partial charge >= 0.3 is 5.97 Å². The molecule has 0 bridgehead atoms. The predicted octanol–water partition coefficient (Wildman–Crippen LogP) is 5.26. The molecule has 7 atom stereocenters. The Bertz CT molecular complexity index is 697. The number of rotatable bonds is 2. The molecule has 1 aliphatic heterocycles. The first-order valence-corrected chi connectivity index (χ1v) is 11.9. The molecular weight excluding hydrogens is 364 g/mol. The molecule has 1 saturated heterocycles. The number of fused-ring (bicyclic) bond motifs is 6. The van der Waals surface area contributed by atoms with Gasteiger partial charge in [-0.15, -0.1) is 0 Å². The largest absolute Gasteiger partial charge is 0.455 e. The highest BCUT2D eigenvalue weighted by Crippen LogP contribution is 2.70. The molecule has 5 fully saturated rings. The average molecular weight is 403 g/mol. The van der Waals surface area contributed by atoms with Crippen molar-refractivity contribution in [3.05, 3.63) is 12.7 Å². The van der Waals surface area contributed by atoms with Crippen molar-refractivity contribution >= 4 is 5.97 Å². The van der Waals surface area contributed by atoms with Gasteiger partial charge in [-0.1, -0.05) is 20.4 Å². The molecule has 1 heterocycles. The van der Waals surface area contributed by atoms with Crippen molar-refractivity contribution in [2.45, 2.75) is 89.9 Å². The van der Waals surface area contributed by atoms with Crippen LogP contribution in [-0.2, 0) is 19.0 Å². The Labute approximate surface area is 175 Å². The van der Waals surface area contributed by atoms with Crippen molar-refractivity contribution in [1.29, 1.82) is 0 Å². The predicted molar refractivity (Wildman–Crippen MR) is 111 cm³/mol. The quantitative estimate of drug-likeness (QED) is 0.467. The van der Waals surface area contributed by atoms with Crippen LogP contribution in [-0.4, -0.2) is 30.6 Å². The van der Waals surface area contributed by atoms with Crippen LogP contribution < -0.4 is 0 Å². The summed E-state index contributed by atoms with van der Waals surface area (Å²) in [6.07, 6.45) is 12.3. The molecule has 4 aliphatic carbocycles. The molecule has 0 amide bonds. The Morgan fingerprint density at radius 1 is 1.00 bits per heavy atom. The molecule has 0 radical (unpaired) electrons. The molecule has 4 saturated carbocycles. The molecule has 5 rings (SSSR count). The fourth-order valence-corrected chi connectivity index (χ4v) is 8.75. The highest BCUT2D eigenvalue weighted by atomic mass is 16.7. The fraction of sp³-hybridized carbons (Fsp3) is 0.880. The highest BCUT2D eigenvalue weighted by molar-refractivity contribution is 5.66. The second-order valence-corrected chi connectivity index (χ2v) is 11.2. The number of carbonyl (C=O) groups is 1. The van der Waals surface area contributed by atoms with Crippen LogP contribution in [0.2, 0.25) is 0 Å². The van der Waals surface area contributed by atoms with Gasteiger partial charge in [0.2, 0.25) is 0 Å². The van der Waals surface area contributed by atoms with E-state index in [1.165, 1.54) is 39.0 Å². The molecule has 0 aromatic carbocycles. The van der Waals surface area contributed by atoms with Crippen LogP contribution in [0.4, 0.5) is 0 Å². The zero-order chi connectivity index (χ0) is 20.5. The third-order valence-corrected chi connectivity index (χ3v) is 10.3. The zero-order valence-electron chi connectivity index (χ0n) is 18.5. The summed E-state index contributed by atoms with van der Waals surface area (Å²) in [7, 11) is 0. The van der Waals surface area contributed by atoms with Crippen molar-refractivity contribution in [1.82, 2.24) is 0 Å². The van der Waals surface area contributed by atoms with E-state index in [1.807, 2.05) is 6.08 Å². The number of esters is 1. The van der Waals surface area contributed by atoms with E-state index in [4.69, 9.17) is 14.2 Å². The minimum atomic E-state index is -0.449. The maximum atomic E-state index is 11.7. The van der Waals surface area contributed by atoms with Gasteiger partial charge in [0, 0.05) is 18.8 Å². The van der Waals surface area contributed by atoms with Crippen LogP contribution >= 0.6 is 0 Å². The molecule has 162 valence electrons. The topological polar surface area (TPSA) is 44.8 Å². The van der Waals surface area contributed by atoms with E-state index in [9.17, 15) is 4.79 Å². The van der Waals surface area contributed by atoms with Gasteiger partial charge in [-0.3, -0.25) is 4.79 Å². The van der Waals surface area contributed by atoms with E-state index in [-0.39, 0.29) is 17.2 Å². The van der Waals surface area contributed by atoms with Crippen molar-refractivity contribution in [2.75, 3.05) is 13.2 Å². The van der Waals surface area contributed by atoms with Gasteiger partial charge in [-0.2, -0.15) is 0 Å². The van der Waals surface area contributed by atoms with Gasteiger partial charge in [0.1, 0.15) is 5.60 Å². The van der Waals surface area contributed by atoms with Gasteiger partial charge in [0.15, 0.2) is 5.79 Å². The van der Waals surface area contributed by atoms with Crippen LogP contribution in [0.5, 0.6) is 0 Å². The molecule has 0 N–H and O–H groups in total. The molecule has 4 nitrogen and oxygen atoms in total. The Morgan fingerprint density at radius 2 is 1.72 bits per heavy atom. The van der Waals surface area contributed by atoms with E-state index in [0.717, 1.165) is 56.7 Å². The molecule has 0 aromatic rings. The van der Waals surface area contributed by atoms with Gasteiger partial charge in [0.25, 0.3) is 0 Å². The van der Waals surface area contributed by atoms with Crippen LogP contribution in [0, 0.1) is 34.5 Å². The van der Waals surface area contributed by atoms with Crippen LogP contribution in [0.1, 0.15) is 78.6 Å². The Morgan fingerprint density at radius 3 is 2.41 bits per heavy atom. The number of hydrogen-bond acceptors (Lipinski definition) is 4. The molecule has 4 heteroatoms. The van der Waals surface area contributed by atoms with Gasteiger partial charge < -0.3 is 14.2 Å². The Balaban J connectivity index is 1.39. The fourth-order valence-electron chi connectivity index (χ4n) is 8.75. The third-order valence-electron chi connectivity index (χ3n) is 10.3. The molecule has 29 heavy (non-hydrogen) atoms. The Kier molecular flexibility index (Phi) is 4.54. The number of hydrogen-bond donors (Lipinski definition) is 0. The lowest BCUT2D eigenvalue weighted by atomic mass is 9.44. The molecule has 5 aliphatic rings. The maximum Gasteiger partial charge on any atom is 0.303 e. The van der Waals surface area contributed by atoms with E-state index in [1.54, 1.807) is 0 Å². The van der Waals surface area contributed by atoms with Crippen LogP contribution in [0.15, 0.2) is 12.7 Å². The molecule has 1 spiro atoms. The van der Waals surface area contributed by atoms with E-state index in [0.29, 0.717) is 11.3 Å². The number of ether oxygens (including phenoxy) is 3. The third kappa shape index (κ3) is 2.67. The average Bonchev–Trinajstić information content (AvgIpc) is 3.28. The maximum absolute atomic E-state index is 11.7. The van der Waals surface area contributed by atoms with Crippen molar-refractivity contribution in [3.63, 3.8) is 0 Å². The minimum Gasteiger partial charge on any atom is -0.455 e. The zero-order valence-corrected chi connectivity index (χ0v) is 18.5. The van der Waals surface area contributed by atoms with Gasteiger partial charge in [0.05, 0.1) is 13.2 Å². The van der Waals surface area contributed by atoms with Crippen molar-refractivity contribution < 1.29 is 19.0 Å². The lowest BCUT2D eigenvalue weighted by Crippen LogP contribution is -2.58. The lowest BCUT2D eigenvalue weighted by Gasteiger charge is -2.62. The lowest BCUT2D eigenvalue weighted by molar-refractivity contribution is -0.248. The normalized spacial score (nSPS) is 50.4. The summed E-state index contributed by atoms with van der Waals surface area (Å²) in [5.41, 5.74) is 0.0736. The van der Waals surface area contributed by atoms with E-state index in [2.05, 4.69) is 20.4 Å². The summed E-state index contributed by atoms with van der Waals surface area (Å²) in [5, 5.41) is 0. The monoisotopic (exact) mass is 402 g/mol. The summed E-state index contributed by atoms with van der Waals surface area (Å²) in [5.74, 6) is 2.41. The standard InChI is InChI=1S/C25H38O4/c1-5-24(29-17(2)26)13-12-22(3)18(16-24)6-7-19-20(22)8-10-23(4)21(19)9-11-25(23)27-14-15-28-25/h5,18-21H,1,6-16H2,2-4H3/t18-,19-,20-,21+,22-,23-,24+/m0/s1. The summed E-state index contributed by atoms with van der Waals surface area (Å²) >= 11 is 0. The highest BCUT2D eigenvalue weighted by Gasteiger charge is 2.67. The first-order chi connectivity index (χ1) is 13.8. The second kappa shape index (κ2) is 6.56. The van der Waals surface area contributed by atoms with Crippen molar-refractivity contribution in [3.8, 4) is 0 Å². The smallest absolute Gasteiger partial charge is 0.303 e. The van der Waals surface area contributed by atoms with E-state index >= 15 is 0 Å². The molecule has 0 unspecified atom stereocenters. The van der Waals surface area contributed by atoms with Crippen LogP contribution in [0.3, 0.4) is 0 Å². The summed E-state index contributed by atoms with van der Waals surface area (Å²) in [6.45, 7) is 12.1. The number of carbonyl (C=O) groups excluding carboxylic acids is 1. The van der Waals surface area contributed by atoms with Crippen LogP contribution in [0.25, 0.3) is 0 Å². The first kappa shape index (κ1) is 20.1. The molecular formula is C25H38O4. The van der Waals surface area contributed by atoms with Crippen molar-refractivity contribution in [2.24, 2.45) is 34.5 Å². The second-order valence-electron chi connectivity index (χ2n) is 11.2. The van der Waals surface area contributed by atoms with E-state index < -0.39 is 5.60 Å². The minimum absolute atomic E-state index is 0.172.